The Morgan fingerprint density at radius 3 is 2.47 bits per heavy atom. The average Bonchev–Trinajstić information content (AvgIpc) is 2.46. The van der Waals surface area contributed by atoms with Crippen LogP contribution in [0.1, 0.15) is 47.0 Å². The van der Waals surface area contributed by atoms with Crippen molar-refractivity contribution in [3.8, 4) is 0 Å². The van der Waals surface area contributed by atoms with Gasteiger partial charge in [-0.25, -0.2) is 0 Å². The molecule has 2 fully saturated rings. The standard InChI is InChI=1S/C13H26N2/c1-9(14)8-15-11-7-10-5-6-13(11,4)12(10,2)3/h9-11,15H,5-8,14H2,1-4H3. The first kappa shape index (κ1) is 11.4. The molecule has 0 radical (unpaired) electrons. The van der Waals surface area contributed by atoms with E-state index in [9.17, 15) is 0 Å². The number of hydrogen-bond donors (Lipinski definition) is 2. The Balaban J connectivity index is 2.06. The van der Waals surface area contributed by atoms with Crippen molar-refractivity contribution < 1.29 is 0 Å². The van der Waals surface area contributed by atoms with Crippen molar-refractivity contribution in [3.63, 3.8) is 0 Å². The molecule has 0 heterocycles. The van der Waals surface area contributed by atoms with Crippen LogP contribution in [0.15, 0.2) is 0 Å². The van der Waals surface area contributed by atoms with Gasteiger partial charge in [0, 0.05) is 18.6 Å². The van der Waals surface area contributed by atoms with E-state index in [-0.39, 0.29) is 6.04 Å². The van der Waals surface area contributed by atoms with Gasteiger partial charge < -0.3 is 11.1 Å². The molecule has 0 saturated heterocycles. The summed E-state index contributed by atoms with van der Waals surface area (Å²) in [6.45, 7) is 10.4. The zero-order valence-corrected chi connectivity index (χ0v) is 10.6. The summed E-state index contributed by atoms with van der Waals surface area (Å²) in [5, 5.41) is 3.68. The van der Waals surface area contributed by atoms with Gasteiger partial charge >= 0.3 is 0 Å². The Morgan fingerprint density at radius 2 is 2.07 bits per heavy atom. The summed E-state index contributed by atoms with van der Waals surface area (Å²) in [6, 6.07) is 0.966. The van der Waals surface area contributed by atoms with E-state index < -0.39 is 0 Å². The second-order valence-corrected chi connectivity index (χ2v) is 6.55. The van der Waals surface area contributed by atoms with Gasteiger partial charge in [-0.05, 0) is 42.9 Å². The molecule has 2 heteroatoms. The molecule has 0 aromatic heterocycles. The number of nitrogens with two attached hydrogens (primary N) is 1. The van der Waals surface area contributed by atoms with Crippen LogP contribution in [-0.2, 0) is 0 Å². The van der Waals surface area contributed by atoms with Crippen LogP contribution in [0, 0.1) is 16.7 Å². The Bertz CT molecular complexity index is 247. The van der Waals surface area contributed by atoms with E-state index in [1.54, 1.807) is 0 Å². The van der Waals surface area contributed by atoms with Crippen molar-refractivity contribution in [2.24, 2.45) is 22.5 Å². The summed E-state index contributed by atoms with van der Waals surface area (Å²) in [7, 11) is 0. The summed E-state index contributed by atoms with van der Waals surface area (Å²) in [5.41, 5.74) is 6.83. The molecule has 2 rings (SSSR count). The molecule has 4 unspecified atom stereocenters. The molecule has 2 aliphatic carbocycles. The third-order valence-electron chi connectivity index (χ3n) is 5.48. The third kappa shape index (κ3) is 1.53. The van der Waals surface area contributed by atoms with Crippen LogP contribution in [0.25, 0.3) is 0 Å². The van der Waals surface area contributed by atoms with Gasteiger partial charge in [-0.3, -0.25) is 0 Å². The van der Waals surface area contributed by atoms with E-state index in [0.29, 0.717) is 16.9 Å². The van der Waals surface area contributed by atoms with Gasteiger partial charge in [0.05, 0.1) is 0 Å². The molecule has 0 aromatic rings. The van der Waals surface area contributed by atoms with Crippen LogP contribution in [0.2, 0.25) is 0 Å². The van der Waals surface area contributed by atoms with Crippen molar-refractivity contribution in [2.45, 2.75) is 59.0 Å². The topological polar surface area (TPSA) is 38.0 Å². The van der Waals surface area contributed by atoms with Crippen LogP contribution in [0.5, 0.6) is 0 Å². The lowest BCUT2D eigenvalue weighted by molar-refractivity contribution is 0.121. The van der Waals surface area contributed by atoms with Crippen LogP contribution >= 0.6 is 0 Å². The predicted octanol–water partition coefficient (Wildman–Crippen LogP) is 2.14. The Hall–Kier alpha value is -0.0800. The first-order valence-corrected chi connectivity index (χ1v) is 6.37. The molecule has 0 aliphatic heterocycles. The number of rotatable bonds is 3. The molecule has 88 valence electrons. The zero-order valence-electron chi connectivity index (χ0n) is 10.6. The molecule has 2 aliphatic rings. The van der Waals surface area contributed by atoms with Gasteiger partial charge in [0.25, 0.3) is 0 Å². The lowest BCUT2D eigenvalue weighted by atomic mass is 9.69. The lowest BCUT2D eigenvalue weighted by Gasteiger charge is -2.40. The summed E-state index contributed by atoms with van der Waals surface area (Å²) < 4.78 is 0. The van der Waals surface area contributed by atoms with Gasteiger partial charge in [0.1, 0.15) is 0 Å². The summed E-state index contributed by atoms with van der Waals surface area (Å²) >= 11 is 0. The lowest BCUT2D eigenvalue weighted by Crippen LogP contribution is -2.47. The Kier molecular flexibility index (Phi) is 2.63. The normalized spacial score (nSPS) is 44.6. The molecular formula is C13H26N2. The van der Waals surface area contributed by atoms with Gasteiger partial charge in [0.2, 0.25) is 0 Å². The van der Waals surface area contributed by atoms with Crippen molar-refractivity contribution >= 4 is 0 Å². The molecule has 3 N–H and O–H groups in total. The van der Waals surface area contributed by atoms with Crippen LogP contribution in [-0.4, -0.2) is 18.6 Å². The van der Waals surface area contributed by atoms with E-state index in [1.807, 2.05) is 0 Å². The fourth-order valence-corrected chi connectivity index (χ4v) is 3.84. The monoisotopic (exact) mass is 210 g/mol. The first-order valence-electron chi connectivity index (χ1n) is 6.37. The maximum atomic E-state index is 5.82. The molecule has 2 bridgehead atoms. The van der Waals surface area contributed by atoms with E-state index in [0.717, 1.165) is 12.5 Å². The van der Waals surface area contributed by atoms with Crippen LogP contribution in [0.4, 0.5) is 0 Å². The smallest absolute Gasteiger partial charge is 0.0136 e. The second kappa shape index (κ2) is 3.46. The molecule has 4 atom stereocenters. The number of hydrogen-bond acceptors (Lipinski definition) is 2. The number of fused-ring (bicyclic) bond motifs is 2. The van der Waals surface area contributed by atoms with Gasteiger partial charge in [-0.2, -0.15) is 0 Å². The highest BCUT2D eigenvalue weighted by Gasteiger charge is 2.60. The predicted molar refractivity (Wildman–Crippen MR) is 64.7 cm³/mol. The molecular weight excluding hydrogens is 184 g/mol. The fourth-order valence-electron chi connectivity index (χ4n) is 3.84. The molecule has 0 spiro atoms. The molecule has 2 saturated carbocycles. The Morgan fingerprint density at radius 1 is 1.40 bits per heavy atom. The second-order valence-electron chi connectivity index (χ2n) is 6.55. The van der Waals surface area contributed by atoms with Gasteiger partial charge in [-0.1, -0.05) is 20.8 Å². The summed E-state index contributed by atoms with van der Waals surface area (Å²) in [5.74, 6) is 0.924. The minimum atomic E-state index is 0.274. The van der Waals surface area contributed by atoms with E-state index in [4.69, 9.17) is 5.73 Å². The SMILES string of the molecule is CC(N)CNC1CC2CCC1(C)C2(C)C. The summed E-state index contributed by atoms with van der Waals surface area (Å²) in [6.07, 6.45) is 4.18. The molecule has 2 nitrogen and oxygen atoms in total. The van der Waals surface area contributed by atoms with E-state index in [2.05, 4.69) is 33.0 Å². The average molecular weight is 210 g/mol. The van der Waals surface area contributed by atoms with Crippen molar-refractivity contribution in [2.75, 3.05) is 6.54 Å². The quantitative estimate of drug-likeness (QED) is 0.749. The third-order valence-corrected chi connectivity index (χ3v) is 5.48. The van der Waals surface area contributed by atoms with Gasteiger partial charge in [-0.15, -0.1) is 0 Å². The van der Waals surface area contributed by atoms with E-state index >= 15 is 0 Å². The zero-order chi connectivity index (χ0) is 11.3. The highest BCUT2D eigenvalue weighted by molar-refractivity contribution is 5.12. The molecule has 0 amide bonds. The summed E-state index contributed by atoms with van der Waals surface area (Å²) in [4.78, 5) is 0. The molecule has 0 aromatic carbocycles. The van der Waals surface area contributed by atoms with Crippen molar-refractivity contribution in [1.29, 1.82) is 0 Å². The molecule has 15 heavy (non-hydrogen) atoms. The van der Waals surface area contributed by atoms with Crippen LogP contribution in [0.3, 0.4) is 0 Å². The van der Waals surface area contributed by atoms with Gasteiger partial charge in [0.15, 0.2) is 0 Å². The maximum absolute atomic E-state index is 5.82. The number of nitrogens with one attached hydrogen (secondary N) is 1. The van der Waals surface area contributed by atoms with Crippen molar-refractivity contribution in [1.82, 2.24) is 5.32 Å². The minimum Gasteiger partial charge on any atom is -0.327 e. The first-order chi connectivity index (χ1) is 6.88. The Labute approximate surface area is 94.0 Å². The highest BCUT2D eigenvalue weighted by Crippen LogP contribution is 2.65. The van der Waals surface area contributed by atoms with E-state index in [1.165, 1.54) is 19.3 Å². The van der Waals surface area contributed by atoms with Crippen molar-refractivity contribution in [3.05, 3.63) is 0 Å². The highest BCUT2D eigenvalue weighted by atomic mass is 15.0. The minimum absolute atomic E-state index is 0.274. The van der Waals surface area contributed by atoms with Crippen LogP contribution < -0.4 is 11.1 Å². The fraction of sp³-hybridized carbons (Fsp3) is 1.00. The maximum Gasteiger partial charge on any atom is 0.0136 e. The largest absolute Gasteiger partial charge is 0.327 e.